The van der Waals surface area contributed by atoms with Crippen LogP contribution in [-0.2, 0) is 4.79 Å². The number of nitrogens with one attached hydrogen (secondary N) is 1. The molecule has 2 aliphatic rings. The Balaban J connectivity index is 1.89. The van der Waals surface area contributed by atoms with Gasteiger partial charge in [0.15, 0.2) is 0 Å². The summed E-state index contributed by atoms with van der Waals surface area (Å²) in [5.74, 6) is -0.710. The maximum atomic E-state index is 10.5. The predicted molar refractivity (Wildman–Crippen MR) is 48.6 cm³/mol. The number of hydrogen-bond acceptors (Lipinski definition) is 3. The van der Waals surface area contributed by atoms with Crippen molar-refractivity contribution in [3.63, 3.8) is 0 Å². The van der Waals surface area contributed by atoms with Crippen molar-refractivity contribution in [2.75, 3.05) is 19.6 Å². The van der Waals surface area contributed by atoms with Crippen LogP contribution in [0.5, 0.6) is 0 Å². The van der Waals surface area contributed by atoms with Gasteiger partial charge in [-0.3, -0.25) is 9.69 Å². The zero-order chi connectivity index (χ0) is 9.26. The van der Waals surface area contributed by atoms with E-state index in [2.05, 4.69) is 5.32 Å². The molecule has 74 valence electrons. The summed E-state index contributed by atoms with van der Waals surface area (Å²) in [4.78, 5) is 12.6. The molecule has 2 rings (SSSR count). The average molecular weight is 184 g/mol. The predicted octanol–water partition coefficient (Wildman–Crippen LogP) is -0.103. The second kappa shape index (κ2) is 3.64. The number of rotatable bonds is 2. The first-order chi connectivity index (χ1) is 6.24. The van der Waals surface area contributed by atoms with Gasteiger partial charge in [0.25, 0.3) is 0 Å². The molecule has 2 fully saturated rings. The molecule has 0 aromatic rings. The summed E-state index contributed by atoms with van der Waals surface area (Å²) >= 11 is 0. The van der Waals surface area contributed by atoms with Crippen molar-refractivity contribution in [2.24, 2.45) is 0 Å². The highest BCUT2D eigenvalue weighted by molar-refractivity contribution is 5.69. The number of carboxylic acids is 1. The van der Waals surface area contributed by atoms with Crippen LogP contribution in [0.3, 0.4) is 0 Å². The fourth-order valence-electron chi connectivity index (χ4n) is 2.35. The molecule has 4 heteroatoms. The van der Waals surface area contributed by atoms with Gasteiger partial charge in [-0.2, -0.15) is 0 Å². The number of likely N-dealkylation sites (tertiary alicyclic amines) is 1. The van der Waals surface area contributed by atoms with Crippen molar-refractivity contribution in [2.45, 2.75) is 31.3 Å². The van der Waals surface area contributed by atoms with Gasteiger partial charge in [0, 0.05) is 25.2 Å². The van der Waals surface area contributed by atoms with Crippen molar-refractivity contribution in [1.82, 2.24) is 10.2 Å². The van der Waals surface area contributed by atoms with Crippen LogP contribution in [0.1, 0.15) is 19.3 Å². The van der Waals surface area contributed by atoms with Crippen LogP contribution >= 0.6 is 0 Å². The minimum Gasteiger partial charge on any atom is -0.480 e. The molecular formula is C9H16N2O2. The Hall–Kier alpha value is -0.610. The van der Waals surface area contributed by atoms with Gasteiger partial charge in [0.1, 0.15) is 0 Å². The van der Waals surface area contributed by atoms with Crippen LogP contribution in [-0.4, -0.2) is 47.7 Å². The van der Waals surface area contributed by atoms with E-state index in [-0.39, 0.29) is 6.54 Å². The highest BCUT2D eigenvalue weighted by Gasteiger charge is 2.29. The fraction of sp³-hybridized carbons (Fsp3) is 0.889. The van der Waals surface area contributed by atoms with E-state index < -0.39 is 5.97 Å². The minimum atomic E-state index is -0.710. The van der Waals surface area contributed by atoms with Crippen molar-refractivity contribution >= 4 is 5.97 Å². The fourth-order valence-corrected chi connectivity index (χ4v) is 2.35. The summed E-state index contributed by atoms with van der Waals surface area (Å²) in [5.41, 5.74) is 0. The second-order valence-electron chi connectivity index (χ2n) is 4.06. The van der Waals surface area contributed by atoms with Gasteiger partial charge in [-0.1, -0.05) is 0 Å². The average Bonchev–Trinajstić information content (AvgIpc) is 2.36. The molecule has 0 aromatic carbocycles. The Morgan fingerprint density at radius 3 is 2.92 bits per heavy atom. The zero-order valence-electron chi connectivity index (χ0n) is 7.70. The first-order valence-corrected chi connectivity index (χ1v) is 4.94. The molecule has 13 heavy (non-hydrogen) atoms. The van der Waals surface area contributed by atoms with Crippen molar-refractivity contribution in [3.05, 3.63) is 0 Å². The smallest absolute Gasteiger partial charge is 0.317 e. The quantitative estimate of drug-likeness (QED) is 0.629. The van der Waals surface area contributed by atoms with Gasteiger partial charge in [-0.05, 0) is 19.3 Å². The molecule has 2 heterocycles. The van der Waals surface area contributed by atoms with Crippen molar-refractivity contribution in [3.8, 4) is 0 Å². The molecule has 0 aliphatic carbocycles. The third kappa shape index (κ3) is 2.19. The van der Waals surface area contributed by atoms with Crippen LogP contribution in [0.25, 0.3) is 0 Å². The largest absolute Gasteiger partial charge is 0.480 e. The Bertz CT molecular complexity index is 208. The summed E-state index contributed by atoms with van der Waals surface area (Å²) in [6.45, 7) is 2.04. The number of carbonyl (C=O) groups is 1. The lowest BCUT2D eigenvalue weighted by molar-refractivity contribution is -0.138. The Morgan fingerprint density at radius 1 is 1.38 bits per heavy atom. The van der Waals surface area contributed by atoms with E-state index in [0.29, 0.717) is 12.1 Å². The van der Waals surface area contributed by atoms with Gasteiger partial charge in [0.05, 0.1) is 6.54 Å². The van der Waals surface area contributed by atoms with Crippen LogP contribution in [0, 0.1) is 0 Å². The lowest BCUT2D eigenvalue weighted by Crippen LogP contribution is -2.37. The maximum Gasteiger partial charge on any atom is 0.317 e. The standard InChI is InChI=1S/C9H16N2O2/c12-9(13)6-11-4-3-7-1-2-8(5-11)10-7/h7-8,10H,1-6H2,(H,12,13). The third-order valence-corrected chi connectivity index (χ3v) is 2.97. The van der Waals surface area contributed by atoms with Gasteiger partial charge in [-0.15, -0.1) is 0 Å². The minimum absolute atomic E-state index is 0.199. The molecule has 2 aliphatic heterocycles. The molecule has 0 aromatic heterocycles. The topological polar surface area (TPSA) is 52.6 Å². The summed E-state index contributed by atoms with van der Waals surface area (Å²) in [7, 11) is 0. The van der Waals surface area contributed by atoms with E-state index in [1.54, 1.807) is 0 Å². The van der Waals surface area contributed by atoms with E-state index in [1.165, 1.54) is 12.8 Å². The van der Waals surface area contributed by atoms with Crippen LogP contribution in [0.2, 0.25) is 0 Å². The van der Waals surface area contributed by atoms with Gasteiger partial charge in [-0.25, -0.2) is 0 Å². The van der Waals surface area contributed by atoms with Crippen molar-refractivity contribution in [1.29, 1.82) is 0 Å². The van der Waals surface area contributed by atoms with Gasteiger partial charge < -0.3 is 10.4 Å². The molecule has 0 radical (unpaired) electrons. The normalized spacial score (nSPS) is 34.5. The van der Waals surface area contributed by atoms with E-state index in [4.69, 9.17) is 5.11 Å². The van der Waals surface area contributed by atoms with Gasteiger partial charge >= 0.3 is 5.97 Å². The molecule has 2 N–H and O–H groups in total. The highest BCUT2D eigenvalue weighted by Crippen LogP contribution is 2.19. The van der Waals surface area contributed by atoms with E-state index in [9.17, 15) is 4.79 Å². The third-order valence-electron chi connectivity index (χ3n) is 2.97. The van der Waals surface area contributed by atoms with Crippen LogP contribution in [0.4, 0.5) is 0 Å². The number of aliphatic carboxylic acids is 1. The summed E-state index contributed by atoms with van der Waals surface area (Å²) in [6, 6.07) is 1.18. The molecule has 0 saturated carbocycles. The number of nitrogens with zero attached hydrogens (tertiary/aromatic N) is 1. The first kappa shape index (κ1) is 8.97. The maximum absolute atomic E-state index is 10.5. The number of carboxylic acid groups (broad SMARTS) is 1. The van der Waals surface area contributed by atoms with E-state index >= 15 is 0 Å². The molecular weight excluding hydrogens is 168 g/mol. The molecule has 2 unspecified atom stereocenters. The van der Waals surface area contributed by atoms with E-state index in [1.807, 2.05) is 4.90 Å². The Morgan fingerprint density at radius 2 is 2.15 bits per heavy atom. The summed E-state index contributed by atoms with van der Waals surface area (Å²) in [5, 5.41) is 12.2. The highest BCUT2D eigenvalue weighted by atomic mass is 16.4. The van der Waals surface area contributed by atoms with E-state index in [0.717, 1.165) is 19.5 Å². The first-order valence-electron chi connectivity index (χ1n) is 4.94. The Kier molecular flexibility index (Phi) is 2.51. The Labute approximate surface area is 77.9 Å². The summed E-state index contributed by atoms with van der Waals surface area (Å²) in [6.07, 6.45) is 3.58. The molecule has 0 spiro atoms. The lowest BCUT2D eigenvalue weighted by atomic mass is 10.1. The van der Waals surface area contributed by atoms with Crippen molar-refractivity contribution < 1.29 is 9.90 Å². The molecule has 2 atom stereocenters. The molecule has 4 nitrogen and oxygen atoms in total. The zero-order valence-corrected chi connectivity index (χ0v) is 7.70. The lowest BCUT2D eigenvalue weighted by Gasteiger charge is -2.21. The molecule has 2 bridgehead atoms. The van der Waals surface area contributed by atoms with Crippen LogP contribution in [0.15, 0.2) is 0 Å². The SMILES string of the molecule is O=C(O)CN1CCC2CCC(C1)N2. The molecule has 2 saturated heterocycles. The monoisotopic (exact) mass is 184 g/mol. The number of fused-ring (bicyclic) bond motifs is 2. The number of hydrogen-bond donors (Lipinski definition) is 2. The summed E-state index contributed by atoms with van der Waals surface area (Å²) < 4.78 is 0. The van der Waals surface area contributed by atoms with Crippen LogP contribution < -0.4 is 5.32 Å². The van der Waals surface area contributed by atoms with Gasteiger partial charge in [0.2, 0.25) is 0 Å². The second-order valence-corrected chi connectivity index (χ2v) is 4.06. The molecule has 0 amide bonds.